The Morgan fingerprint density at radius 3 is 2.90 bits per heavy atom. The third-order valence-corrected chi connectivity index (χ3v) is 3.95. The van der Waals surface area contributed by atoms with Crippen molar-refractivity contribution in [2.24, 2.45) is 0 Å². The smallest absolute Gasteiger partial charge is 0.340 e. The van der Waals surface area contributed by atoms with E-state index in [2.05, 4.69) is 11.8 Å². The van der Waals surface area contributed by atoms with Crippen LogP contribution in [0.2, 0.25) is 0 Å². The molecule has 2 N–H and O–H groups in total. The molecular formula is C16H24N2O2. The number of esters is 1. The average molecular weight is 276 g/mol. The molecular weight excluding hydrogens is 252 g/mol. The Morgan fingerprint density at radius 1 is 1.40 bits per heavy atom. The molecule has 1 atom stereocenters. The lowest BCUT2D eigenvalue weighted by Crippen LogP contribution is -2.40. The molecule has 110 valence electrons. The summed E-state index contributed by atoms with van der Waals surface area (Å²) in [5, 5.41) is 0. The van der Waals surface area contributed by atoms with Crippen molar-refractivity contribution in [2.75, 3.05) is 23.8 Å². The fraction of sp³-hybridized carbons (Fsp3) is 0.562. The number of hydrogen-bond donors (Lipinski definition) is 1. The number of nitrogens with zero attached hydrogens (tertiary/aromatic N) is 1. The predicted octanol–water partition coefficient (Wildman–Crippen LogP) is 3.21. The lowest BCUT2D eigenvalue weighted by molar-refractivity contribution is 0.0527. The number of para-hydroxylation sites is 1. The lowest BCUT2D eigenvalue weighted by Gasteiger charge is -2.38. The van der Waals surface area contributed by atoms with Gasteiger partial charge >= 0.3 is 5.97 Å². The van der Waals surface area contributed by atoms with Crippen LogP contribution in [-0.4, -0.2) is 25.2 Å². The maximum Gasteiger partial charge on any atom is 0.340 e. The maximum absolute atomic E-state index is 12.2. The van der Waals surface area contributed by atoms with Gasteiger partial charge in [-0.25, -0.2) is 4.79 Å². The minimum Gasteiger partial charge on any atom is -0.462 e. The molecule has 20 heavy (non-hydrogen) atoms. The highest BCUT2D eigenvalue weighted by atomic mass is 16.5. The van der Waals surface area contributed by atoms with Crippen molar-refractivity contribution in [3.05, 3.63) is 23.8 Å². The number of carbonyl (C=O) groups excluding carboxylic acids is 1. The summed E-state index contributed by atoms with van der Waals surface area (Å²) < 4.78 is 5.16. The number of benzene rings is 1. The number of nitrogen functional groups attached to an aromatic ring is 1. The standard InChI is InChI=1S/C16H24N2O2/c1-3-12-8-5-6-11-18(12)15-13(16(19)20-4-2)9-7-10-14(15)17/h7,9-10,12H,3-6,8,11,17H2,1-2H3. The maximum atomic E-state index is 12.2. The molecule has 0 radical (unpaired) electrons. The summed E-state index contributed by atoms with van der Waals surface area (Å²) in [6, 6.07) is 5.95. The molecule has 1 aliphatic rings. The largest absolute Gasteiger partial charge is 0.462 e. The van der Waals surface area contributed by atoms with Crippen LogP contribution < -0.4 is 10.6 Å². The Hall–Kier alpha value is -1.71. The van der Waals surface area contributed by atoms with Crippen LogP contribution in [0.25, 0.3) is 0 Å². The first-order valence-corrected chi connectivity index (χ1v) is 7.51. The molecule has 0 amide bonds. The number of carbonyl (C=O) groups is 1. The van der Waals surface area contributed by atoms with Gasteiger partial charge in [0.2, 0.25) is 0 Å². The van der Waals surface area contributed by atoms with Gasteiger partial charge in [0, 0.05) is 12.6 Å². The van der Waals surface area contributed by atoms with Crippen LogP contribution in [0, 0.1) is 0 Å². The van der Waals surface area contributed by atoms with Crippen LogP contribution in [-0.2, 0) is 4.74 Å². The van der Waals surface area contributed by atoms with Crippen molar-refractivity contribution in [3.8, 4) is 0 Å². The predicted molar refractivity (Wildman–Crippen MR) is 82.1 cm³/mol. The first kappa shape index (κ1) is 14.7. The van der Waals surface area contributed by atoms with E-state index in [1.165, 1.54) is 6.42 Å². The lowest BCUT2D eigenvalue weighted by atomic mass is 9.97. The van der Waals surface area contributed by atoms with Crippen molar-refractivity contribution in [2.45, 2.75) is 45.6 Å². The van der Waals surface area contributed by atoms with E-state index in [-0.39, 0.29) is 5.97 Å². The Kier molecular flexibility index (Phi) is 4.88. The zero-order chi connectivity index (χ0) is 14.5. The van der Waals surface area contributed by atoms with E-state index in [9.17, 15) is 4.79 Å². The molecule has 4 heteroatoms. The van der Waals surface area contributed by atoms with Crippen molar-refractivity contribution in [3.63, 3.8) is 0 Å². The SMILES string of the molecule is CCOC(=O)c1cccc(N)c1N1CCCCC1CC. The van der Waals surface area contributed by atoms with Gasteiger partial charge in [-0.2, -0.15) is 0 Å². The normalized spacial score (nSPS) is 18.9. The topological polar surface area (TPSA) is 55.6 Å². The molecule has 0 saturated carbocycles. The zero-order valence-corrected chi connectivity index (χ0v) is 12.4. The highest BCUT2D eigenvalue weighted by Gasteiger charge is 2.27. The molecule has 0 spiro atoms. The minimum atomic E-state index is -0.282. The Morgan fingerprint density at radius 2 is 2.20 bits per heavy atom. The summed E-state index contributed by atoms with van der Waals surface area (Å²) in [7, 11) is 0. The fourth-order valence-electron chi connectivity index (χ4n) is 2.97. The van der Waals surface area contributed by atoms with E-state index in [0.717, 1.165) is 31.5 Å². The number of ether oxygens (including phenoxy) is 1. The summed E-state index contributed by atoms with van der Waals surface area (Å²) in [5.74, 6) is -0.282. The van der Waals surface area contributed by atoms with Crippen molar-refractivity contribution < 1.29 is 9.53 Å². The molecule has 1 aliphatic heterocycles. The van der Waals surface area contributed by atoms with Gasteiger partial charge < -0.3 is 15.4 Å². The van der Waals surface area contributed by atoms with E-state index in [4.69, 9.17) is 10.5 Å². The molecule has 1 aromatic carbocycles. The number of hydrogen-bond acceptors (Lipinski definition) is 4. The molecule has 1 saturated heterocycles. The van der Waals surface area contributed by atoms with Crippen LogP contribution in [0.3, 0.4) is 0 Å². The summed E-state index contributed by atoms with van der Waals surface area (Å²) >= 11 is 0. The van der Waals surface area contributed by atoms with Gasteiger partial charge in [-0.15, -0.1) is 0 Å². The van der Waals surface area contributed by atoms with Crippen molar-refractivity contribution in [1.29, 1.82) is 0 Å². The average Bonchev–Trinajstić information content (AvgIpc) is 2.47. The molecule has 1 unspecified atom stereocenters. The number of nitrogens with two attached hydrogens (primary N) is 1. The van der Waals surface area contributed by atoms with Crippen molar-refractivity contribution >= 4 is 17.3 Å². The van der Waals surface area contributed by atoms with E-state index < -0.39 is 0 Å². The van der Waals surface area contributed by atoms with E-state index >= 15 is 0 Å². The van der Waals surface area contributed by atoms with Gasteiger partial charge in [0.1, 0.15) is 0 Å². The van der Waals surface area contributed by atoms with Crippen LogP contribution in [0.5, 0.6) is 0 Å². The summed E-state index contributed by atoms with van der Waals surface area (Å²) in [4.78, 5) is 14.4. The van der Waals surface area contributed by atoms with Gasteiger partial charge in [0.05, 0.1) is 23.5 Å². The van der Waals surface area contributed by atoms with Crippen LogP contribution in [0.15, 0.2) is 18.2 Å². The molecule has 1 fully saturated rings. The Bertz CT molecular complexity index is 474. The van der Waals surface area contributed by atoms with E-state index in [1.807, 2.05) is 25.1 Å². The third-order valence-electron chi connectivity index (χ3n) is 3.95. The number of anilines is 2. The molecule has 0 bridgehead atoms. The summed E-state index contributed by atoms with van der Waals surface area (Å²) in [5.41, 5.74) is 8.27. The molecule has 0 aromatic heterocycles. The number of piperidine rings is 1. The fourth-order valence-corrected chi connectivity index (χ4v) is 2.97. The van der Waals surface area contributed by atoms with E-state index in [0.29, 0.717) is 23.9 Å². The molecule has 2 rings (SSSR count). The van der Waals surface area contributed by atoms with E-state index in [1.54, 1.807) is 0 Å². The van der Waals surface area contributed by atoms with Gasteiger partial charge in [-0.1, -0.05) is 13.0 Å². The second kappa shape index (κ2) is 6.64. The number of rotatable bonds is 4. The summed E-state index contributed by atoms with van der Waals surface area (Å²) in [6.45, 7) is 5.34. The molecule has 1 aromatic rings. The molecule has 4 nitrogen and oxygen atoms in total. The van der Waals surface area contributed by atoms with Crippen LogP contribution in [0.4, 0.5) is 11.4 Å². The van der Waals surface area contributed by atoms with Crippen LogP contribution >= 0.6 is 0 Å². The second-order valence-corrected chi connectivity index (χ2v) is 5.22. The highest BCUT2D eigenvalue weighted by Crippen LogP contribution is 2.34. The first-order chi connectivity index (χ1) is 9.69. The van der Waals surface area contributed by atoms with Gasteiger partial charge in [0.25, 0.3) is 0 Å². The quantitative estimate of drug-likeness (QED) is 0.677. The second-order valence-electron chi connectivity index (χ2n) is 5.22. The molecule has 1 heterocycles. The molecule has 0 aliphatic carbocycles. The van der Waals surface area contributed by atoms with Gasteiger partial charge in [-0.05, 0) is 44.7 Å². The van der Waals surface area contributed by atoms with Gasteiger partial charge in [0.15, 0.2) is 0 Å². The Balaban J connectivity index is 2.40. The minimum absolute atomic E-state index is 0.282. The zero-order valence-electron chi connectivity index (χ0n) is 12.4. The summed E-state index contributed by atoms with van der Waals surface area (Å²) in [6.07, 6.45) is 4.62. The van der Waals surface area contributed by atoms with Crippen molar-refractivity contribution in [1.82, 2.24) is 0 Å². The Labute approximate surface area is 120 Å². The van der Waals surface area contributed by atoms with Crippen LogP contribution in [0.1, 0.15) is 49.9 Å². The highest BCUT2D eigenvalue weighted by molar-refractivity contribution is 5.99. The monoisotopic (exact) mass is 276 g/mol. The first-order valence-electron chi connectivity index (χ1n) is 7.51. The van der Waals surface area contributed by atoms with Gasteiger partial charge in [-0.3, -0.25) is 0 Å². The third kappa shape index (κ3) is 2.89.